The van der Waals surface area contributed by atoms with Crippen molar-refractivity contribution < 1.29 is 12.8 Å². The third-order valence-corrected chi connectivity index (χ3v) is 4.83. The molecular weight excluding hydrogens is 287 g/mol. The van der Waals surface area contributed by atoms with Gasteiger partial charge in [-0.25, -0.2) is 17.5 Å². The highest BCUT2D eigenvalue weighted by atomic mass is 32.2. The molecule has 0 aliphatic rings. The summed E-state index contributed by atoms with van der Waals surface area (Å²) in [6, 6.07) is 6.14. The molecular formula is C12H13FN2O2S2. The van der Waals surface area contributed by atoms with E-state index in [1.165, 1.54) is 24.3 Å². The van der Waals surface area contributed by atoms with Crippen LogP contribution in [-0.4, -0.2) is 8.42 Å². The summed E-state index contributed by atoms with van der Waals surface area (Å²) in [4.78, 5) is 0.436. The zero-order valence-electron chi connectivity index (χ0n) is 10.2. The molecule has 0 amide bonds. The fourth-order valence-corrected chi connectivity index (χ4v) is 3.54. The minimum absolute atomic E-state index is 0.132. The second-order valence-electron chi connectivity index (χ2n) is 4.05. The first-order valence-electron chi connectivity index (χ1n) is 5.48. The van der Waals surface area contributed by atoms with Crippen LogP contribution in [0.15, 0.2) is 34.5 Å². The van der Waals surface area contributed by atoms with Gasteiger partial charge in [-0.05, 0) is 36.1 Å². The van der Waals surface area contributed by atoms with Crippen molar-refractivity contribution >= 4 is 27.0 Å². The average Bonchev–Trinajstić information content (AvgIpc) is 2.84. The molecule has 1 aromatic carbocycles. The van der Waals surface area contributed by atoms with E-state index < -0.39 is 20.7 Å². The van der Waals surface area contributed by atoms with Gasteiger partial charge in [-0.3, -0.25) is 0 Å². The summed E-state index contributed by atoms with van der Waals surface area (Å²) < 4.78 is 40.3. The number of sulfonamides is 1. The Balaban J connectivity index is 2.29. The maximum absolute atomic E-state index is 13.9. The van der Waals surface area contributed by atoms with Gasteiger partial charge in [0.1, 0.15) is 10.7 Å². The number of nitrogen functional groups attached to an aromatic ring is 1. The van der Waals surface area contributed by atoms with Crippen LogP contribution in [0.5, 0.6) is 0 Å². The van der Waals surface area contributed by atoms with E-state index >= 15 is 0 Å². The first-order valence-corrected chi connectivity index (χ1v) is 7.84. The van der Waals surface area contributed by atoms with Gasteiger partial charge in [0, 0.05) is 17.1 Å². The molecule has 0 saturated carbocycles. The molecule has 0 atom stereocenters. The van der Waals surface area contributed by atoms with Crippen LogP contribution in [-0.2, 0) is 16.6 Å². The normalized spacial score (nSPS) is 11.7. The van der Waals surface area contributed by atoms with Crippen molar-refractivity contribution in [3.8, 4) is 0 Å². The molecule has 2 aromatic rings. The quantitative estimate of drug-likeness (QED) is 0.851. The Morgan fingerprint density at radius 2 is 2.16 bits per heavy atom. The van der Waals surface area contributed by atoms with E-state index in [-0.39, 0.29) is 17.8 Å². The Morgan fingerprint density at radius 1 is 1.42 bits per heavy atom. The largest absolute Gasteiger partial charge is 0.399 e. The lowest BCUT2D eigenvalue weighted by atomic mass is 10.2. The van der Waals surface area contributed by atoms with Gasteiger partial charge >= 0.3 is 0 Å². The molecule has 19 heavy (non-hydrogen) atoms. The number of thiophene rings is 1. The molecule has 0 radical (unpaired) electrons. The number of nitrogens with two attached hydrogens (primary N) is 1. The van der Waals surface area contributed by atoms with E-state index in [2.05, 4.69) is 4.72 Å². The fourth-order valence-electron chi connectivity index (χ4n) is 1.62. The van der Waals surface area contributed by atoms with Crippen molar-refractivity contribution in [2.24, 2.45) is 0 Å². The third-order valence-electron chi connectivity index (χ3n) is 2.55. The molecule has 0 fully saturated rings. The Kier molecular flexibility index (Phi) is 3.88. The van der Waals surface area contributed by atoms with Crippen LogP contribution >= 0.6 is 11.3 Å². The molecule has 0 unspecified atom stereocenters. The fraction of sp³-hybridized carbons (Fsp3) is 0.167. The van der Waals surface area contributed by atoms with Gasteiger partial charge in [-0.15, -0.1) is 11.3 Å². The van der Waals surface area contributed by atoms with Crippen LogP contribution in [0.4, 0.5) is 10.1 Å². The summed E-state index contributed by atoms with van der Waals surface area (Å²) in [6.45, 7) is 1.61. The lowest BCUT2D eigenvalue weighted by molar-refractivity contribution is 0.553. The number of anilines is 1. The predicted molar refractivity (Wildman–Crippen MR) is 73.9 cm³/mol. The van der Waals surface area contributed by atoms with E-state index in [9.17, 15) is 12.8 Å². The first kappa shape index (κ1) is 14.0. The molecule has 0 saturated heterocycles. The van der Waals surface area contributed by atoms with Crippen LogP contribution < -0.4 is 10.5 Å². The van der Waals surface area contributed by atoms with Gasteiger partial charge in [0.25, 0.3) is 0 Å². The molecule has 0 aliphatic carbocycles. The Labute approximate surface area is 115 Å². The minimum Gasteiger partial charge on any atom is -0.399 e. The highest BCUT2D eigenvalue weighted by Gasteiger charge is 2.21. The molecule has 4 nitrogen and oxygen atoms in total. The monoisotopic (exact) mass is 300 g/mol. The number of hydrogen-bond acceptors (Lipinski definition) is 4. The van der Waals surface area contributed by atoms with Crippen LogP contribution in [0.1, 0.15) is 10.4 Å². The zero-order chi connectivity index (χ0) is 14.0. The van der Waals surface area contributed by atoms with Crippen LogP contribution in [0.2, 0.25) is 0 Å². The zero-order valence-corrected chi connectivity index (χ0v) is 11.8. The van der Waals surface area contributed by atoms with Crippen molar-refractivity contribution in [1.82, 2.24) is 4.72 Å². The summed E-state index contributed by atoms with van der Waals surface area (Å²) in [5.74, 6) is -0.770. The van der Waals surface area contributed by atoms with E-state index in [1.54, 1.807) is 6.07 Å². The van der Waals surface area contributed by atoms with Crippen LogP contribution in [0.25, 0.3) is 0 Å². The molecule has 0 bridgehead atoms. The number of aryl methyl sites for hydroxylation is 1. The van der Waals surface area contributed by atoms with Crippen molar-refractivity contribution in [2.45, 2.75) is 18.4 Å². The van der Waals surface area contributed by atoms with E-state index in [1.807, 2.05) is 11.4 Å². The van der Waals surface area contributed by atoms with Gasteiger partial charge in [0.15, 0.2) is 0 Å². The number of hydrogen-bond donors (Lipinski definition) is 2. The first-order chi connectivity index (χ1) is 8.90. The summed E-state index contributed by atoms with van der Waals surface area (Å²) in [7, 11) is -3.91. The molecule has 3 N–H and O–H groups in total. The van der Waals surface area contributed by atoms with Gasteiger partial charge in [0.2, 0.25) is 10.0 Å². The molecule has 1 heterocycles. The Morgan fingerprint density at radius 3 is 2.79 bits per heavy atom. The molecule has 1 aromatic heterocycles. The van der Waals surface area contributed by atoms with Gasteiger partial charge in [-0.1, -0.05) is 6.07 Å². The van der Waals surface area contributed by atoms with Crippen molar-refractivity contribution in [1.29, 1.82) is 0 Å². The second kappa shape index (κ2) is 5.28. The maximum atomic E-state index is 13.9. The molecule has 2 rings (SSSR count). The highest BCUT2D eigenvalue weighted by Crippen LogP contribution is 2.22. The summed E-state index contributed by atoms with van der Waals surface area (Å²) in [5, 5.41) is 1.84. The number of nitrogens with one attached hydrogen (secondary N) is 1. The van der Waals surface area contributed by atoms with Gasteiger partial charge in [0.05, 0.1) is 0 Å². The lowest BCUT2D eigenvalue weighted by Gasteiger charge is -2.09. The average molecular weight is 300 g/mol. The number of benzene rings is 1. The van der Waals surface area contributed by atoms with Crippen molar-refractivity contribution in [3.63, 3.8) is 0 Å². The van der Waals surface area contributed by atoms with Crippen molar-refractivity contribution in [2.75, 3.05) is 5.73 Å². The SMILES string of the molecule is Cc1cc(N)cc(S(=O)(=O)NCc2cccs2)c1F. The Hall–Kier alpha value is -1.44. The topological polar surface area (TPSA) is 72.2 Å². The molecule has 102 valence electrons. The molecule has 0 aliphatic heterocycles. The summed E-state index contributed by atoms with van der Waals surface area (Å²) in [5.41, 5.74) is 5.98. The third kappa shape index (κ3) is 3.12. The maximum Gasteiger partial charge on any atom is 0.243 e. The van der Waals surface area contributed by atoms with E-state index in [0.29, 0.717) is 0 Å². The lowest BCUT2D eigenvalue weighted by Crippen LogP contribution is -2.24. The number of halogens is 1. The van der Waals surface area contributed by atoms with Crippen LogP contribution in [0, 0.1) is 12.7 Å². The number of rotatable bonds is 4. The van der Waals surface area contributed by atoms with Crippen LogP contribution in [0.3, 0.4) is 0 Å². The standard InChI is InChI=1S/C12H13FN2O2S2/c1-8-5-9(14)6-11(12(8)13)19(16,17)15-7-10-3-2-4-18-10/h2-6,15H,7,14H2,1H3. The van der Waals surface area contributed by atoms with E-state index in [0.717, 1.165) is 10.9 Å². The smallest absolute Gasteiger partial charge is 0.243 e. The second-order valence-corrected chi connectivity index (χ2v) is 6.82. The van der Waals surface area contributed by atoms with Gasteiger partial charge in [-0.2, -0.15) is 0 Å². The summed E-state index contributed by atoms with van der Waals surface area (Å²) >= 11 is 1.42. The summed E-state index contributed by atoms with van der Waals surface area (Å²) in [6.07, 6.45) is 0. The molecule has 0 spiro atoms. The van der Waals surface area contributed by atoms with Gasteiger partial charge < -0.3 is 5.73 Å². The van der Waals surface area contributed by atoms with E-state index in [4.69, 9.17) is 5.73 Å². The predicted octanol–water partition coefficient (Wildman–Crippen LogP) is 2.26. The van der Waals surface area contributed by atoms with Crippen molar-refractivity contribution in [3.05, 3.63) is 45.9 Å². The minimum atomic E-state index is -3.91. The molecule has 7 heteroatoms. The Bertz CT molecular complexity index is 682. The highest BCUT2D eigenvalue weighted by molar-refractivity contribution is 7.89.